The molecule has 12 heavy (non-hydrogen) atoms. The number of hydrogen-bond acceptors (Lipinski definition) is 5. The molecule has 0 bridgehead atoms. The molecule has 1 aromatic heterocycles. The zero-order valence-electron chi connectivity index (χ0n) is 6.47. The normalized spacial score (nSPS) is 11.4. The molecule has 0 amide bonds. The maximum absolute atomic E-state index is 10.5. The molecule has 0 aromatic carbocycles. The third-order valence-corrected chi connectivity index (χ3v) is 1.57. The predicted octanol–water partition coefficient (Wildman–Crippen LogP) is -0.0472. The average Bonchev–Trinajstić information content (AvgIpc) is 2.02. The summed E-state index contributed by atoms with van der Waals surface area (Å²) in [5, 5.41) is 0. The van der Waals surface area contributed by atoms with Gasteiger partial charge in [0.25, 0.3) is 10.1 Å². The molecular weight excluding hydrogens is 180 g/mol. The highest BCUT2D eigenvalue weighted by Gasteiger charge is 2.02. The molecule has 1 aromatic rings. The van der Waals surface area contributed by atoms with Crippen molar-refractivity contribution in [2.75, 3.05) is 6.26 Å². The fourth-order valence-electron chi connectivity index (χ4n) is 0.564. The smallest absolute Gasteiger partial charge is 0.262 e. The van der Waals surface area contributed by atoms with Crippen LogP contribution in [-0.2, 0) is 20.9 Å². The van der Waals surface area contributed by atoms with E-state index in [4.69, 9.17) is 0 Å². The molecule has 0 N–H and O–H groups in total. The molecule has 0 unspecified atom stereocenters. The third kappa shape index (κ3) is 3.40. The maximum Gasteiger partial charge on any atom is 0.264 e. The van der Waals surface area contributed by atoms with Crippen molar-refractivity contribution in [1.82, 2.24) is 9.97 Å². The van der Waals surface area contributed by atoms with Gasteiger partial charge in [0.05, 0.1) is 6.26 Å². The molecule has 0 aliphatic heterocycles. The van der Waals surface area contributed by atoms with Crippen LogP contribution in [-0.4, -0.2) is 24.6 Å². The molecule has 0 aliphatic rings. The molecule has 6 heteroatoms. The van der Waals surface area contributed by atoms with Gasteiger partial charge in [0, 0.05) is 12.4 Å². The summed E-state index contributed by atoms with van der Waals surface area (Å²) in [5.41, 5.74) is 0. The maximum atomic E-state index is 10.5. The molecule has 0 aliphatic carbocycles. The summed E-state index contributed by atoms with van der Waals surface area (Å²) in [6.07, 6.45) is 4.03. The summed E-state index contributed by atoms with van der Waals surface area (Å²) in [4.78, 5) is 7.56. The van der Waals surface area contributed by atoms with E-state index < -0.39 is 10.1 Å². The highest BCUT2D eigenvalue weighted by atomic mass is 32.2. The lowest BCUT2D eigenvalue weighted by Crippen LogP contribution is -2.04. The molecule has 66 valence electrons. The van der Waals surface area contributed by atoms with Crippen LogP contribution >= 0.6 is 0 Å². The van der Waals surface area contributed by atoms with E-state index in [1.54, 1.807) is 6.07 Å². The lowest BCUT2D eigenvalue weighted by molar-refractivity contribution is 0.302. The number of aromatic nitrogens is 2. The number of rotatable bonds is 3. The highest BCUT2D eigenvalue weighted by Crippen LogP contribution is 1.94. The summed E-state index contributed by atoms with van der Waals surface area (Å²) >= 11 is 0. The Hall–Kier alpha value is -1.01. The van der Waals surface area contributed by atoms with Gasteiger partial charge in [0.15, 0.2) is 5.82 Å². The van der Waals surface area contributed by atoms with Crippen LogP contribution in [0.2, 0.25) is 0 Å². The summed E-state index contributed by atoms with van der Waals surface area (Å²) in [6, 6.07) is 1.64. The lowest BCUT2D eigenvalue weighted by Gasteiger charge is -1.97. The van der Waals surface area contributed by atoms with Crippen LogP contribution < -0.4 is 0 Å². The van der Waals surface area contributed by atoms with Crippen LogP contribution in [0.5, 0.6) is 0 Å². The molecule has 0 fully saturated rings. The van der Waals surface area contributed by atoms with E-state index in [1.165, 1.54) is 12.4 Å². The minimum atomic E-state index is -3.40. The zero-order chi connectivity index (χ0) is 9.03. The first-order valence-electron chi connectivity index (χ1n) is 3.18. The molecule has 0 saturated carbocycles. The van der Waals surface area contributed by atoms with Crippen molar-refractivity contribution in [2.24, 2.45) is 0 Å². The van der Waals surface area contributed by atoms with Crippen LogP contribution in [0.25, 0.3) is 0 Å². The second-order valence-corrected chi connectivity index (χ2v) is 3.78. The predicted molar refractivity (Wildman–Crippen MR) is 41.7 cm³/mol. The van der Waals surface area contributed by atoms with E-state index in [0.717, 1.165) is 6.26 Å². The number of nitrogens with zero attached hydrogens (tertiary/aromatic N) is 2. The Morgan fingerprint density at radius 3 is 2.50 bits per heavy atom. The lowest BCUT2D eigenvalue weighted by atomic mass is 10.6. The van der Waals surface area contributed by atoms with E-state index in [9.17, 15) is 8.42 Å². The Kier molecular flexibility index (Phi) is 2.72. The van der Waals surface area contributed by atoms with Gasteiger partial charge in [-0.3, -0.25) is 4.18 Å². The number of hydrogen-bond donors (Lipinski definition) is 0. The van der Waals surface area contributed by atoms with Crippen LogP contribution in [0.4, 0.5) is 0 Å². The van der Waals surface area contributed by atoms with Crippen molar-refractivity contribution in [2.45, 2.75) is 6.61 Å². The second-order valence-electron chi connectivity index (χ2n) is 2.13. The second kappa shape index (κ2) is 3.59. The van der Waals surface area contributed by atoms with Crippen LogP contribution in [0.15, 0.2) is 18.5 Å². The van der Waals surface area contributed by atoms with Gasteiger partial charge < -0.3 is 0 Å². The Balaban J connectivity index is 2.56. The van der Waals surface area contributed by atoms with Gasteiger partial charge >= 0.3 is 0 Å². The van der Waals surface area contributed by atoms with Gasteiger partial charge in [-0.1, -0.05) is 0 Å². The first-order chi connectivity index (χ1) is 5.58. The topological polar surface area (TPSA) is 69.2 Å². The largest absolute Gasteiger partial charge is 0.264 e. The molecule has 0 radical (unpaired) electrons. The monoisotopic (exact) mass is 188 g/mol. The van der Waals surface area contributed by atoms with Crippen molar-refractivity contribution in [3.8, 4) is 0 Å². The highest BCUT2D eigenvalue weighted by molar-refractivity contribution is 7.85. The van der Waals surface area contributed by atoms with Crippen molar-refractivity contribution < 1.29 is 12.6 Å². The molecule has 0 atom stereocenters. The van der Waals surface area contributed by atoms with Crippen molar-refractivity contribution >= 4 is 10.1 Å². The Labute approximate surface area is 70.5 Å². The van der Waals surface area contributed by atoms with E-state index in [-0.39, 0.29) is 6.61 Å². The van der Waals surface area contributed by atoms with E-state index >= 15 is 0 Å². The average molecular weight is 188 g/mol. The molecule has 0 spiro atoms. The van der Waals surface area contributed by atoms with Gasteiger partial charge in [-0.05, 0) is 6.07 Å². The van der Waals surface area contributed by atoms with Gasteiger partial charge in [0.1, 0.15) is 6.61 Å². The van der Waals surface area contributed by atoms with E-state index in [0.29, 0.717) is 5.82 Å². The van der Waals surface area contributed by atoms with Gasteiger partial charge in [-0.2, -0.15) is 8.42 Å². The van der Waals surface area contributed by atoms with Crippen LogP contribution in [0.1, 0.15) is 5.82 Å². The van der Waals surface area contributed by atoms with Gasteiger partial charge in [-0.15, -0.1) is 0 Å². The standard InChI is InChI=1S/C6H8N2O3S/c1-12(9,10)11-5-6-7-3-2-4-8-6/h2-4H,5H2,1H3. The fraction of sp³-hybridized carbons (Fsp3) is 0.333. The SMILES string of the molecule is CS(=O)(=O)OCc1ncccn1. The minimum absolute atomic E-state index is 0.111. The summed E-state index contributed by atoms with van der Waals surface area (Å²) in [6.45, 7) is -0.111. The Morgan fingerprint density at radius 1 is 1.42 bits per heavy atom. The zero-order valence-corrected chi connectivity index (χ0v) is 7.28. The van der Waals surface area contributed by atoms with Crippen molar-refractivity contribution in [3.63, 3.8) is 0 Å². The van der Waals surface area contributed by atoms with Crippen molar-refractivity contribution in [3.05, 3.63) is 24.3 Å². The Bertz CT molecular complexity index is 335. The first kappa shape index (κ1) is 9.08. The van der Waals surface area contributed by atoms with E-state index in [1.807, 2.05) is 0 Å². The van der Waals surface area contributed by atoms with Crippen LogP contribution in [0, 0.1) is 0 Å². The molecule has 1 heterocycles. The molecular formula is C6H8N2O3S. The summed E-state index contributed by atoms with van der Waals surface area (Å²) in [5.74, 6) is 0.350. The quantitative estimate of drug-likeness (QED) is 0.622. The van der Waals surface area contributed by atoms with Crippen LogP contribution in [0.3, 0.4) is 0 Å². The molecule has 0 saturated heterocycles. The first-order valence-corrected chi connectivity index (χ1v) is 5.00. The van der Waals surface area contributed by atoms with Gasteiger partial charge in [0.2, 0.25) is 0 Å². The third-order valence-electron chi connectivity index (χ3n) is 1.02. The fourth-order valence-corrected chi connectivity index (χ4v) is 0.884. The molecule has 1 rings (SSSR count). The van der Waals surface area contributed by atoms with E-state index in [2.05, 4.69) is 14.2 Å². The van der Waals surface area contributed by atoms with Gasteiger partial charge in [-0.25, -0.2) is 9.97 Å². The summed E-state index contributed by atoms with van der Waals surface area (Å²) < 4.78 is 25.5. The van der Waals surface area contributed by atoms with Crippen molar-refractivity contribution in [1.29, 1.82) is 0 Å². The Morgan fingerprint density at radius 2 is 2.00 bits per heavy atom. The summed E-state index contributed by atoms with van der Waals surface area (Å²) in [7, 11) is -3.40. The molecule has 5 nitrogen and oxygen atoms in total. The minimum Gasteiger partial charge on any atom is -0.262 e.